The summed E-state index contributed by atoms with van der Waals surface area (Å²) in [4.78, 5) is 14.4. The number of carbonyl (C=O) groups excluding carboxylic acids is 1. The molecule has 19 heavy (non-hydrogen) atoms. The highest BCUT2D eigenvalue weighted by Crippen LogP contribution is 2.39. The van der Waals surface area contributed by atoms with Gasteiger partial charge in [0.2, 0.25) is 5.91 Å². The second-order valence-electron chi connectivity index (χ2n) is 6.48. The molecule has 2 heteroatoms. The zero-order valence-electron chi connectivity index (χ0n) is 12.5. The number of para-hydroxylation sites is 1. The van der Waals surface area contributed by atoms with Crippen LogP contribution in [0.15, 0.2) is 30.3 Å². The van der Waals surface area contributed by atoms with Gasteiger partial charge in [-0.1, -0.05) is 45.9 Å². The maximum atomic E-state index is 12.4. The molecule has 0 saturated carbocycles. The topological polar surface area (TPSA) is 20.3 Å². The molecule has 2 unspecified atom stereocenters. The van der Waals surface area contributed by atoms with Gasteiger partial charge in [0.25, 0.3) is 0 Å². The summed E-state index contributed by atoms with van der Waals surface area (Å²) < 4.78 is 0. The molecular formula is C17H25NO. The van der Waals surface area contributed by atoms with Gasteiger partial charge >= 0.3 is 0 Å². The Labute approximate surface area is 116 Å². The van der Waals surface area contributed by atoms with Crippen LogP contribution in [0.2, 0.25) is 0 Å². The van der Waals surface area contributed by atoms with Crippen LogP contribution < -0.4 is 4.90 Å². The Morgan fingerprint density at radius 3 is 2.11 bits per heavy atom. The van der Waals surface area contributed by atoms with Crippen molar-refractivity contribution in [3.63, 3.8) is 0 Å². The third-order valence-corrected chi connectivity index (χ3v) is 3.82. The predicted octanol–water partition coefficient (Wildman–Crippen LogP) is 4.11. The average molecular weight is 259 g/mol. The summed E-state index contributed by atoms with van der Waals surface area (Å²) in [5.41, 5.74) is 1.05. The average Bonchev–Trinajstić information content (AvgIpc) is 2.36. The van der Waals surface area contributed by atoms with E-state index in [1.807, 2.05) is 35.2 Å². The molecule has 1 heterocycles. The smallest absolute Gasteiger partial charge is 0.232 e. The van der Waals surface area contributed by atoms with E-state index in [0.717, 1.165) is 18.5 Å². The first-order valence-electron chi connectivity index (χ1n) is 7.38. The van der Waals surface area contributed by atoms with Crippen LogP contribution in [0.1, 0.15) is 40.5 Å². The molecule has 1 saturated heterocycles. The third kappa shape index (κ3) is 2.99. The number of anilines is 1. The first kappa shape index (κ1) is 14.1. The van der Waals surface area contributed by atoms with Crippen LogP contribution in [-0.4, -0.2) is 11.9 Å². The van der Waals surface area contributed by atoms with E-state index in [9.17, 15) is 4.79 Å². The van der Waals surface area contributed by atoms with Gasteiger partial charge < -0.3 is 4.90 Å². The van der Waals surface area contributed by atoms with E-state index in [1.165, 1.54) is 0 Å². The molecule has 2 nitrogen and oxygen atoms in total. The van der Waals surface area contributed by atoms with E-state index < -0.39 is 0 Å². The van der Waals surface area contributed by atoms with Crippen LogP contribution in [0.25, 0.3) is 0 Å². The Morgan fingerprint density at radius 2 is 1.58 bits per heavy atom. The third-order valence-electron chi connectivity index (χ3n) is 3.82. The number of hydrogen-bond acceptors (Lipinski definition) is 1. The second kappa shape index (κ2) is 5.77. The summed E-state index contributed by atoms with van der Waals surface area (Å²) in [6.07, 6.45) is 2.11. The summed E-state index contributed by atoms with van der Waals surface area (Å²) in [5.74, 6) is 1.74. The lowest BCUT2D eigenvalue weighted by atomic mass is 9.77. The monoisotopic (exact) mass is 259 g/mol. The van der Waals surface area contributed by atoms with Gasteiger partial charge in [0.05, 0.1) is 5.92 Å². The van der Waals surface area contributed by atoms with Crippen molar-refractivity contribution in [3.05, 3.63) is 30.3 Å². The minimum absolute atomic E-state index is 0.225. The van der Waals surface area contributed by atoms with Crippen molar-refractivity contribution in [2.45, 2.75) is 46.6 Å². The van der Waals surface area contributed by atoms with E-state index in [2.05, 4.69) is 27.7 Å². The molecule has 104 valence electrons. The number of benzene rings is 1. The summed E-state index contributed by atoms with van der Waals surface area (Å²) in [7, 11) is 0. The Kier molecular flexibility index (Phi) is 4.28. The minimum Gasteiger partial charge on any atom is -0.308 e. The Bertz CT molecular complexity index is 424. The zero-order chi connectivity index (χ0) is 14.0. The fraction of sp³-hybridized carbons (Fsp3) is 0.588. The molecule has 2 atom stereocenters. The van der Waals surface area contributed by atoms with Crippen LogP contribution in [0.5, 0.6) is 0 Å². The molecule has 1 aliphatic heterocycles. The van der Waals surface area contributed by atoms with Crippen molar-refractivity contribution < 1.29 is 4.79 Å². The molecular weight excluding hydrogens is 234 g/mol. The highest BCUT2D eigenvalue weighted by Gasteiger charge is 2.47. The molecule has 1 aromatic rings. The number of rotatable bonds is 5. The first-order valence-corrected chi connectivity index (χ1v) is 7.38. The van der Waals surface area contributed by atoms with Crippen LogP contribution in [-0.2, 0) is 4.79 Å². The fourth-order valence-electron chi connectivity index (χ4n) is 3.03. The van der Waals surface area contributed by atoms with E-state index >= 15 is 0 Å². The van der Waals surface area contributed by atoms with Gasteiger partial charge in [-0.15, -0.1) is 0 Å². The minimum atomic E-state index is 0.225. The largest absolute Gasteiger partial charge is 0.308 e. The molecule has 0 N–H and O–H groups in total. The van der Waals surface area contributed by atoms with Gasteiger partial charge in [0.1, 0.15) is 0 Å². The van der Waals surface area contributed by atoms with E-state index in [4.69, 9.17) is 0 Å². The second-order valence-corrected chi connectivity index (χ2v) is 6.48. The number of hydrogen-bond donors (Lipinski definition) is 0. The van der Waals surface area contributed by atoms with Crippen molar-refractivity contribution in [1.82, 2.24) is 0 Å². The highest BCUT2D eigenvalue weighted by molar-refractivity contribution is 6.02. The summed E-state index contributed by atoms with van der Waals surface area (Å²) in [5, 5.41) is 0. The number of β-lactam (4-membered cyclic amide) rings is 1. The molecule has 2 rings (SSSR count). The molecule has 1 aliphatic rings. The van der Waals surface area contributed by atoms with Crippen molar-refractivity contribution in [2.24, 2.45) is 17.8 Å². The quantitative estimate of drug-likeness (QED) is 0.729. The lowest BCUT2D eigenvalue weighted by molar-refractivity contribution is -0.131. The SMILES string of the molecule is CC(C)CC1C(=O)N(c2ccccc2)C1CC(C)C. The van der Waals surface area contributed by atoms with Gasteiger partial charge in [-0.05, 0) is 36.8 Å². The molecule has 1 aromatic carbocycles. The number of nitrogens with zero attached hydrogens (tertiary/aromatic N) is 1. The number of carbonyl (C=O) groups is 1. The molecule has 1 amide bonds. The maximum Gasteiger partial charge on any atom is 0.232 e. The van der Waals surface area contributed by atoms with Gasteiger partial charge in [-0.25, -0.2) is 0 Å². The zero-order valence-corrected chi connectivity index (χ0v) is 12.5. The molecule has 0 radical (unpaired) electrons. The standard InChI is InChI=1S/C17H25NO/c1-12(2)10-15-16(11-13(3)4)18(17(15)19)14-8-6-5-7-9-14/h5-9,12-13,15-16H,10-11H2,1-4H3. The molecule has 0 aromatic heterocycles. The van der Waals surface area contributed by atoms with Gasteiger partial charge in [0.15, 0.2) is 0 Å². The van der Waals surface area contributed by atoms with Crippen LogP contribution in [0.4, 0.5) is 5.69 Å². The van der Waals surface area contributed by atoms with Crippen LogP contribution in [0, 0.1) is 17.8 Å². The van der Waals surface area contributed by atoms with Crippen molar-refractivity contribution >= 4 is 11.6 Å². The molecule has 0 spiro atoms. The molecule has 1 fully saturated rings. The highest BCUT2D eigenvalue weighted by atomic mass is 16.2. The van der Waals surface area contributed by atoms with E-state index in [0.29, 0.717) is 23.8 Å². The molecule has 0 bridgehead atoms. The Hall–Kier alpha value is -1.31. The summed E-state index contributed by atoms with van der Waals surface area (Å²) in [6, 6.07) is 10.5. The Morgan fingerprint density at radius 1 is 1.00 bits per heavy atom. The lowest BCUT2D eigenvalue weighted by Crippen LogP contribution is -2.62. The summed E-state index contributed by atoms with van der Waals surface area (Å²) >= 11 is 0. The predicted molar refractivity (Wildman–Crippen MR) is 80.1 cm³/mol. The van der Waals surface area contributed by atoms with E-state index in [1.54, 1.807) is 0 Å². The fourth-order valence-corrected chi connectivity index (χ4v) is 3.03. The van der Waals surface area contributed by atoms with Gasteiger partial charge in [-0.3, -0.25) is 4.79 Å². The van der Waals surface area contributed by atoms with Crippen molar-refractivity contribution in [2.75, 3.05) is 4.90 Å². The van der Waals surface area contributed by atoms with Gasteiger partial charge in [0, 0.05) is 11.7 Å². The van der Waals surface area contributed by atoms with Crippen LogP contribution >= 0.6 is 0 Å². The van der Waals surface area contributed by atoms with Gasteiger partial charge in [-0.2, -0.15) is 0 Å². The maximum absolute atomic E-state index is 12.4. The van der Waals surface area contributed by atoms with Crippen LogP contribution in [0.3, 0.4) is 0 Å². The molecule has 0 aliphatic carbocycles. The summed E-state index contributed by atoms with van der Waals surface area (Å²) in [6.45, 7) is 8.87. The van der Waals surface area contributed by atoms with E-state index in [-0.39, 0.29) is 5.92 Å². The lowest BCUT2D eigenvalue weighted by Gasteiger charge is -2.48. The normalized spacial score (nSPS) is 23.1. The first-order chi connectivity index (χ1) is 9.00. The Balaban J connectivity index is 2.17. The van der Waals surface area contributed by atoms with Crippen molar-refractivity contribution in [3.8, 4) is 0 Å². The number of amides is 1. The van der Waals surface area contributed by atoms with Crippen molar-refractivity contribution in [1.29, 1.82) is 0 Å².